The second kappa shape index (κ2) is 4.16. The van der Waals surface area contributed by atoms with Gasteiger partial charge in [-0.05, 0) is 18.2 Å². The van der Waals surface area contributed by atoms with Crippen LogP contribution in [0.4, 0.5) is 13.2 Å². The molecule has 0 radical (unpaired) electrons. The molecule has 2 aromatic rings. The summed E-state index contributed by atoms with van der Waals surface area (Å²) in [6, 6.07) is 2.89. The lowest BCUT2D eigenvalue weighted by Gasteiger charge is -2.05. The van der Waals surface area contributed by atoms with E-state index in [2.05, 4.69) is 4.74 Å². The topological polar surface area (TPSA) is 46.5 Å². The SMILES string of the molecule is COC(=O)c1sc2cc(C(F)(F)F)ccc2c1O. The first-order valence-corrected chi connectivity index (χ1v) is 5.57. The Morgan fingerprint density at radius 2 is 2.06 bits per heavy atom. The number of hydrogen-bond donors (Lipinski definition) is 1. The summed E-state index contributed by atoms with van der Waals surface area (Å²) in [6.45, 7) is 0. The number of halogens is 3. The Balaban J connectivity index is 2.62. The Bertz CT molecular complexity index is 616. The van der Waals surface area contributed by atoms with Crippen LogP contribution in [0.3, 0.4) is 0 Å². The fourth-order valence-corrected chi connectivity index (χ4v) is 2.54. The molecule has 0 aliphatic carbocycles. The normalized spacial score (nSPS) is 11.8. The van der Waals surface area contributed by atoms with E-state index in [0.717, 1.165) is 36.6 Å². The van der Waals surface area contributed by atoms with E-state index >= 15 is 0 Å². The first-order chi connectivity index (χ1) is 8.34. The number of carbonyl (C=O) groups excluding carboxylic acids is 1. The van der Waals surface area contributed by atoms with Crippen LogP contribution >= 0.6 is 11.3 Å². The molecule has 0 aliphatic rings. The molecule has 7 heteroatoms. The van der Waals surface area contributed by atoms with Crippen molar-refractivity contribution in [2.45, 2.75) is 6.18 Å². The van der Waals surface area contributed by atoms with Gasteiger partial charge in [0.05, 0.1) is 12.7 Å². The zero-order valence-corrected chi connectivity index (χ0v) is 9.85. The molecule has 0 saturated carbocycles. The molecule has 18 heavy (non-hydrogen) atoms. The predicted octanol–water partition coefficient (Wildman–Crippen LogP) is 3.41. The van der Waals surface area contributed by atoms with E-state index in [9.17, 15) is 23.1 Å². The van der Waals surface area contributed by atoms with Gasteiger partial charge < -0.3 is 9.84 Å². The smallest absolute Gasteiger partial charge is 0.416 e. The number of aromatic hydroxyl groups is 1. The van der Waals surface area contributed by atoms with Crippen molar-refractivity contribution in [1.82, 2.24) is 0 Å². The lowest BCUT2D eigenvalue weighted by Crippen LogP contribution is -2.03. The summed E-state index contributed by atoms with van der Waals surface area (Å²) < 4.78 is 42.1. The number of benzene rings is 1. The number of esters is 1. The molecule has 0 bridgehead atoms. The van der Waals surface area contributed by atoms with Crippen LogP contribution in [0.15, 0.2) is 18.2 Å². The summed E-state index contributed by atoms with van der Waals surface area (Å²) >= 11 is 0.762. The van der Waals surface area contributed by atoms with Crippen molar-refractivity contribution < 1.29 is 27.8 Å². The minimum absolute atomic E-state index is 0.105. The van der Waals surface area contributed by atoms with Gasteiger partial charge in [-0.25, -0.2) is 4.79 Å². The van der Waals surface area contributed by atoms with E-state index in [1.54, 1.807) is 0 Å². The van der Waals surface area contributed by atoms with Gasteiger partial charge in [-0.15, -0.1) is 11.3 Å². The lowest BCUT2D eigenvalue weighted by atomic mass is 10.1. The van der Waals surface area contributed by atoms with E-state index < -0.39 is 17.7 Å². The zero-order valence-electron chi connectivity index (χ0n) is 9.04. The highest BCUT2D eigenvalue weighted by molar-refractivity contribution is 7.21. The molecule has 2 rings (SSSR count). The maximum Gasteiger partial charge on any atom is 0.416 e. The van der Waals surface area contributed by atoms with Crippen molar-refractivity contribution in [3.05, 3.63) is 28.6 Å². The highest BCUT2D eigenvalue weighted by Crippen LogP contribution is 2.40. The molecule has 1 heterocycles. The van der Waals surface area contributed by atoms with E-state index in [1.165, 1.54) is 0 Å². The predicted molar refractivity (Wildman–Crippen MR) is 59.8 cm³/mol. The van der Waals surface area contributed by atoms with E-state index in [-0.39, 0.29) is 20.7 Å². The molecule has 0 atom stereocenters. The van der Waals surface area contributed by atoms with Gasteiger partial charge in [0.25, 0.3) is 0 Å². The third-order valence-corrected chi connectivity index (χ3v) is 3.48. The molecule has 1 aromatic carbocycles. The second-order valence-corrected chi connectivity index (χ2v) is 4.53. The Morgan fingerprint density at radius 1 is 1.39 bits per heavy atom. The van der Waals surface area contributed by atoms with Gasteiger partial charge in [-0.2, -0.15) is 13.2 Å². The Hall–Kier alpha value is -1.76. The van der Waals surface area contributed by atoms with Crippen LogP contribution in [0.25, 0.3) is 10.1 Å². The molecule has 1 aromatic heterocycles. The molecule has 0 aliphatic heterocycles. The van der Waals surface area contributed by atoms with Crippen molar-refractivity contribution in [3.63, 3.8) is 0 Å². The summed E-state index contributed by atoms with van der Waals surface area (Å²) in [6.07, 6.45) is -4.46. The number of alkyl halides is 3. The molecule has 0 unspecified atom stereocenters. The second-order valence-electron chi connectivity index (χ2n) is 3.48. The van der Waals surface area contributed by atoms with E-state index in [4.69, 9.17) is 0 Å². The number of ether oxygens (including phenoxy) is 1. The van der Waals surface area contributed by atoms with Gasteiger partial charge in [0.15, 0.2) is 4.88 Å². The third-order valence-electron chi connectivity index (χ3n) is 2.36. The number of fused-ring (bicyclic) bond motifs is 1. The fraction of sp³-hybridized carbons (Fsp3) is 0.182. The van der Waals surface area contributed by atoms with Gasteiger partial charge in [-0.3, -0.25) is 0 Å². The number of thiophene rings is 1. The van der Waals surface area contributed by atoms with Crippen LogP contribution in [-0.2, 0) is 10.9 Å². The van der Waals surface area contributed by atoms with Crippen LogP contribution in [0.1, 0.15) is 15.2 Å². The molecule has 0 amide bonds. The molecule has 0 spiro atoms. The summed E-state index contributed by atoms with van der Waals surface area (Å²) in [5.41, 5.74) is -0.826. The van der Waals surface area contributed by atoms with Gasteiger partial charge in [0.1, 0.15) is 5.75 Å². The van der Waals surface area contributed by atoms with Crippen molar-refractivity contribution in [2.24, 2.45) is 0 Å². The highest BCUT2D eigenvalue weighted by Gasteiger charge is 2.31. The van der Waals surface area contributed by atoms with Crippen molar-refractivity contribution in [1.29, 1.82) is 0 Å². The van der Waals surface area contributed by atoms with E-state index in [1.807, 2.05) is 0 Å². The molecular weight excluding hydrogens is 269 g/mol. The fourth-order valence-electron chi connectivity index (χ4n) is 1.49. The maximum atomic E-state index is 12.5. The van der Waals surface area contributed by atoms with Crippen LogP contribution in [0, 0.1) is 0 Å². The summed E-state index contributed by atoms with van der Waals surface area (Å²) in [4.78, 5) is 11.2. The monoisotopic (exact) mass is 276 g/mol. The van der Waals surface area contributed by atoms with Crippen molar-refractivity contribution in [2.75, 3.05) is 7.11 Å². The Morgan fingerprint density at radius 3 is 2.61 bits per heavy atom. The quantitative estimate of drug-likeness (QED) is 0.812. The molecule has 3 nitrogen and oxygen atoms in total. The van der Waals surface area contributed by atoms with Gasteiger partial charge in [0.2, 0.25) is 0 Å². The largest absolute Gasteiger partial charge is 0.505 e. The molecule has 0 fully saturated rings. The average molecular weight is 276 g/mol. The van der Waals surface area contributed by atoms with Gasteiger partial charge in [-0.1, -0.05) is 0 Å². The minimum Gasteiger partial charge on any atom is -0.505 e. The first-order valence-electron chi connectivity index (χ1n) is 4.75. The molecule has 96 valence electrons. The number of hydrogen-bond acceptors (Lipinski definition) is 4. The van der Waals surface area contributed by atoms with E-state index in [0.29, 0.717) is 0 Å². The molecule has 1 N–H and O–H groups in total. The third kappa shape index (κ3) is 2.01. The Kier molecular flexibility index (Phi) is 2.94. The maximum absolute atomic E-state index is 12.5. The molecule has 0 saturated heterocycles. The lowest BCUT2D eigenvalue weighted by molar-refractivity contribution is -0.137. The van der Waals surface area contributed by atoms with Crippen LogP contribution in [-0.4, -0.2) is 18.2 Å². The summed E-state index contributed by atoms with van der Waals surface area (Å²) in [7, 11) is 1.13. The number of rotatable bonds is 1. The van der Waals surface area contributed by atoms with Crippen molar-refractivity contribution in [3.8, 4) is 5.75 Å². The Labute approximate surface area is 103 Å². The summed E-state index contributed by atoms with van der Waals surface area (Å²) in [5, 5.41) is 9.92. The van der Waals surface area contributed by atoms with Crippen LogP contribution in [0.5, 0.6) is 5.75 Å². The van der Waals surface area contributed by atoms with Crippen LogP contribution in [0.2, 0.25) is 0 Å². The standard InChI is InChI=1S/C11H7F3O3S/c1-17-10(16)9-8(15)6-3-2-5(11(12,13)14)4-7(6)18-9/h2-4,15H,1H3. The zero-order chi connectivity index (χ0) is 13.5. The summed E-state index contributed by atoms with van der Waals surface area (Å²) in [5.74, 6) is -1.13. The highest BCUT2D eigenvalue weighted by atomic mass is 32.1. The number of methoxy groups -OCH3 is 1. The first kappa shape index (κ1) is 12.7. The van der Waals surface area contributed by atoms with Gasteiger partial charge in [0, 0.05) is 10.1 Å². The minimum atomic E-state index is -4.46. The van der Waals surface area contributed by atoms with Crippen LogP contribution < -0.4 is 0 Å². The van der Waals surface area contributed by atoms with Crippen molar-refractivity contribution >= 4 is 27.4 Å². The van der Waals surface area contributed by atoms with Gasteiger partial charge >= 0.3 is 12.1 Å². The average Bonchev–Trinajstić information content (AvgIpc) is 2.64. The number of carbonyl (C=O) groups is 1. The molecular formula is C11H7F3O3S.